The van der Waals surface area contributed by atoms with Crippen LogP contribution >= 0.6 is 11.6 Å². The Morgan fingerprint density at radius 3 is 3.04 bits per heavy atom. The van der Waals surface area contributed by atoms with E-state index in [0.717, 1.165) is 37.2 Å². The summed E-state index contributed by atoms with van der Waals surface area (Å²) in [6.45, 7) is 0.741. The van der Waals surface area contributed by atoms with Crippen LogP contribution in [0.5, 0.6) is 5.75 Å². The van der Waals surface area contributed by atoms with Crippen LogP contribution in [0.25, 0.3) is 0 Å². The molecule has 4 rings (SSSR count). The summed E-state index contributed by atoms with van der Waals surface area (Å²) in [7, 11) is 1.63. The number of hydrogen-bond acceptors (Lipinski definition) is 4. The van der Waals surface area contributed by atoms with Crippen LogP contribution in [0.1, 0.15) is 19.3 Å². The third-order valence-electron chi connectivity index (χ3n) is 5.46. The fraction of sp³-hybridized carbons (Fsp3) is 0.588. The first kappa shape index (κ1) is 15.2. The molecule has 5 nitrogen and oxygen atoms in total. The van der Waals surface area contributed by atoms with Gasteiger partial charge in [-0.3, -0.25) is 4.79 Å². The molecule has 5 atom stereocenters. The van der Waals surface area contributed by atoms with Crippen molar-refractivity contribution >= 4 is 23.2 Å². The largest absolute Gasteiger partial charge is 0.497 e. The van der Waals surface area contributed by atoms with E-state index in [2.05, 4.69) is 10.7 Å². The number of nitrogens with one attached hydrogen (secondary N) is 2. The van der Waals surface area contributed by atoms with Gasteiger partial charge in [-0.1, -0.05) is 6.07 Å². The molecule has 2 aliphatic heterocycles. The highest BCUT2D eigenvalue weighted by Gasteiger charge is 2.50. The van der Waals surface area contributed by atoms with Gasteiger partial charge in [0.15, 0.2) is 0 Å². The van der Waals surface area contributed by atoms with E-state index in [-0.39, 0.29) is 23.2 Å². The van der Waals surface area contributed by atoms with Crippen LogP contribution in [0.2, 0.25) is 0 Å². The molecule has 124 valence electrons. The molecule has 23 heavy (non-hydrogen) atoms. The van der Waals surface area contributed by atoms with E-state index in [1.165, 1.54) is 0 Å². The van der Waals surface area contributed by atoms with Crippen LogP contribution in [-0.2, 0) is 4.79 Å². The van der Waals surface area contributed by atoms with E-state index in [1.54, 1.807) is 12.1 Å². The Balaban J connectivity index is 1.59. The molecule has 1 saturated carbocycles. The number of hydrazine groups is 1. The number of fused-ring (bicyclic) bond motifs is 3. The summed E-state index contributed by atoms with van der Waals surface area (Å²) < 4.78 is 5.27. The van der Waals surface area contributed by atoms with Gasteiger partial charge in [-0.05, 0) is 37.3 Å². The first-order chi connectivity index (χ1) is 11.2. The maximum absolute atomic E-state index is 12.8. The summed E-state index contributed by atoms with van der Waals surface area (Å²) in [5.41, 5.74) is 4.29. The van der Waals surface area contributed by atoms with E-state index in [9.17, 15) is 4.79 Å². The Kier molecular flexibility index (Phi) is 3.95. The smallest absolute Gasteiger partial charge is 0.247 e. The van der Waals surface area contributed by atoms with Crippen LogP contribution in [0.15, 0.2) is 24.3 Å². The van der Waals surface area contributed by atoms with Crippen LogP contribution in [0.4, 0.5) is 5.69 Å². The summed E-state index contributed by atoms with van der Waals surface area (Å²) in [6, 6.07) is 8.24. The van der Waals surface area contributed by atoms with Crippen LogP contribution in [0, 0.1) is 11.8 Å². The summed E-state index contributed by atoms with van der Waals surface area (Å²) in [6.07, 6.45) is 3.12. The molecule has 2 heterocycles. The molecule has 0 radical (unpaired) electrons. The summed E-state index contributed by atoms with van der Waals surface area (Å²) in [5, 5.41) is 5.48. The molecule has 3 fully saturated rings. The Labute approximate surface area is 141 Å². The van der Waals surface area contributed by atoms with E-state index >= 15 is 0 Å². The standard InChI is InChI=1S/C17H22ClN3O2/c1-23-12-4-2-3-11(8-12)21-17(22)14-9-19-15-6-5-10(18)7-13(15)16(14)20-21/h2-4,8,10,13-16,19-20H,5-7,9H2,1H3. The first-order valence-corrected chi connectivity index (χ1v) is 8.72. The molecule has 6 heteroatoms. The van der Waals surface area contributed by atoms with Crippen molar-refractivity contribution in [1.29, 1.82) is 0 Å². The molecule has 2 N–H and O–H groups in total. The van der Waals surface area contributed by atoms with E-state index in [0.29, 0.717) is 12.0 Å². The third-order valence-corrected chi connectivity index (χ3v) is 5.85. The Morgan fingerprint density at radius 2 is 2.22 bits per heavy atom. The normalized spacial score (nSPS) is 36.5. The number of carbonyl (C=O) groups is 1. The fourth-order valence-corrected chi connectivity index (χ4v) is 4.59. The van der Waals surface area contributed by atoms with Gasteiger partial charge in [-0.2, -0.15) is 0 Å². The van der Waals surface area contributed by atoms with Crippen molar-refractivity contribution in [3.63, 3.8) is 0 Å². The van der Waals surface area contributed by atoms with Crippen LogP contribution in [-0.4, -0.2) is 37.0 Å². The lowest BCUT2D eigenvalue weighted by Crippen LogP contribution is -2.58. The SMILES string of the molecule is COc1cccc(N2NC3C(CNC4CCC(Cl)CC43)C2=O)c1. The highest BCUT2D eigenvalue weighted by atomic mass is 35.5. The van der Waals surface area contributed by atoms with Crippen molar-refractivity contribution in [2.45, 2.75) is 36.7 Å². The first-order valence-electron chi connectivity index (χ1n) is 8.29. The average molecular weight is 336 g/mol. The predicted octanol–water partition coefficient (Wildman–Crippen LogP) is 1.91. The number of benzene rings is 1. The molecule has 0 aromatic heterocycles. The maximum atomic E-state index is 12.8. The number of piperidine rings is 1. The van der Waals surface area contributed by atoms with Gasteiger partial charge in [0.05, 0.1) is 18.7 Å². The zero-order chi connectivity index (χ0) is 16.0. The molecule has 0 bridgehead atoms. The minimum Gasteiger partial charge on any atom is -0.497 e. The van der Waals surface area contributed by atoms with Gasteiger partial charge in [-0.25, -0.2) is 10.4 Å². The monoisotopic (exact) mass is 335 g/mol. The lowest BCUT2D eigenvalue weighted by atomic mass is 9.73. The van der Waals surface area contributed by atoms with Crippen molar-refractivity contribution in [2.75, 3.05) is 18.7 Å². The van der Waals surface area contributed by atoms with Gasteiger partial charge >= 0.3 is 0 Å². The number of carbonyl (C=O) groups excluding carboxylic acids is 1. The van der Waals surface area contributed by atoms with Gasteiger partial charge in [0.1, 0.15) is 5.75 Å². The molecular formula is C17H22ClN3O2. The number of methoxy groups -OCH3 is 1. The molecule has 2 saturated heterocycles. The lowest BCUT2D eigenvalue weighted by Gasteiger charge is -2.43. The second-order valence-corrected chi connectivity index (χ2v) is 7.34. The van der Waals surface area contributed by atoms with E-state index in [4.69, 9.17) is 16.3 Å². The summed E-state index contributed by atoms with van der Waals surface area (Å²) in [5.74, 6) is 1.27. The minimum absolute atomic E-state index is 0.0237. The number of rotatable bonds is 2. The summed E-state index contributed by atoms with van der Waals surface area (Å²) >= 11 is 6.39. The molecular weight excluding hydrogens is 314 g/mol. The quantitative estimate of drug-likeness (QED) is 0.811. The van der Waals surface area contributed by atoms with E-state index in [1.807, 2.05) is 24.3 Å². The van der Waals surface area contributed by atoms with Crippen molar-refractivity contribution < 1.29 is 9.53 Å². The highest BCUT2D eigenvalue weighted by molar-refractivity contribution is 6.20. The molecule has 0 spiro atoms. The number of amides is 1. The number of alkyl halides is 1. The fourth-order valence-electron chi connectivity index (χ4n) is 4.26. The average Bonchev–Trinajstić information content (AvgIpc) is 2.92. The topological polar surface area (TPSA) is 53.6 Å². The molecule has 1 aliphatic carbocycles. The molecule has 5 unspecified atom stereocenters. The third kappa shape index (κ3) is 2.61. The van der Waals surface area contributed by atoms with E-state index < -0.39 is 0 Å². The van der Waals surface area contributed by atoms with Gasteiger partial charge < -0.3 is 10.1 Å². The number of hydrogen-bond donors (Lipinski definition) is 2. The second kappa shape index (κ2) is 5.96. The van der Waals surface area contributed by atoms with Gasteiger partial charge in [0, 0.05) is 30.1 Å². The minimum atomic E-state index is -0.0237. The number of anilines is 1. The number of nitrogens with zero attached hydrogens (tertiary/aromatic N) is 1. The van der Waals surface area contributed by atoms with Crippen LogP contribution in [0.3, 0.4) is 0 Å². The second-order valence-electron chi connectivity index (χ2n) is 6.73. The number of halogens is 1. The maximum Gasteiger partial charge on any atom is 0.247 e. The van der Waals surface area contributed by atoms with Crippen molar-refractivity contribution in [1.82, 2.24) is 10.7 Å². The zero-order valence-corrected chi connectivity index (χ0v) is 13.9. The molecule has 1 amide bonds. The molecule has 3 aliphatic rings. The van der Waals surface area contributed by atoms with Crippen molar-refractivity contribution in [3.05, 3.63) is 24.3 Å². The van der Waals surface area contributed by atoms with Crippen molar-refractivity contribution in [3.8, 4) is 5.75 Å². The Hall–Kier alpha value is -1.30. The summed E-state index contributed by atoms with van der Waals surface area (Å²) in [4.78, 5) is 12.8. The molecule has 1 aromatic carbocycles. The lowest BCUT2D eigenvalue weighted by molar-refractivity contribution is -0.121. The zero-order valence-electron chi connectivity index (χ0n) is 13.2. The van der Waals surface area contributed by atoms with Crippen molar-refractivity contribution in [2.24, 2.45) is 11.8 Å². The number of ether oxygens (including phenoxy) is 1. The predicted molar refractivity (Wildman–Crippen MR) is 89.7 cm³/mol. The van der Waals surface area contributed by atoms with Gasteiger partial charge in [0.25, 0.3) is 0 Å². The molecule has 1 aromatic rings. The van der Waals surface area contributed by atoms with Gasteiger partial charge in [-0.15, -0.1) is 11.6 Å². The highest BCUT2D eigenvalue weighted by Crippen LogP contribution is 2.39. The Morgan fingerprint density at radius 1 is 1.35 bits per heavy atom. The van der Waals surface area contributed by atoms with Gasteiger partial charge in [0.2, 0.25) is 5.91 Å². The van der Waals surface area contributed by atoms with Crippen LogP contribution < -0.4 is 20.5 Å². The Bertz CT molecular complexity index is 611.